The summed E-state index contributed by atoms with van der Waals surface area (Å²) >= 11 is 0. The minimum Gasteiger partial charge on any atom is -0.322 e. The van der Waals surface area contributed by atoms with E-state index in [-0.39, 0.29) is 17.6 Å². The number of hydrogen-bond donors (Lipinski definition) is 3. The lowest BCUT2D eigenvalue weighted by Gasteiger charge is -2.09. The SMILES string of the molecule is CC(C)n1ncc2ccc(NC(=O)c3ccc4[nH]c(=O)[nH]c4c3)cc21. The first kappa shape index (κ1) is 15.2. The van der Waals surface area contributed by atoms with Crippen molar-refractivity contribution in [3.05, 3.63) is 58.6 Å². The van der Waals surface area contributed by atoms with Crippen LogP contribution in [0.3, 0.4) is 0 Å². The van der Waals surface area contributed by atoms with E-state index in [0.29, 0.717) is 22.3 Å². The highest BCUT2D eigenvalue weighted by Gasteiger charge is 2.11. The molecule has 2 aromatic carbocycles. The third-order valence-electron chi connectivity index (χ3n) is 4.12. The van der Waals surface area contributed by atoms with E-state index in [9.17, 15) is 9.59 Å². The Bertz CT molecular complexity index is 1150. The van der Waals surface area contributed by atoms with Gasteiger partial charge in [-0.05, 0) is 50.2 Å². The molecule has 0 atom stereocenters. The van der Waals surface area contributed by atoms with Crippen molar-refractivity contribution < 1.29 is 4.79 Å². The summed E-state index contributed by atoms with van der Waals surface area (Å²) in [5.41, 5.74) is 3.12. The van der Waals surface area contributed by atoms with Gasteiger partial charge >= 0.3 is 5.69 Å². The molecule has 0 aliphatic carbocycles. The molecule has 0 aliphatic heterocycles. The van der Waals surface area contributed by atoms with Crippen LogP contribution in [0, 0.1) is 0 Å². The van der Waals surface area contributed by atoms with Crippen molar-refractivity contribution >= 4 is 33.5 Å². The van der Waals surface area contributed by atoms with E-state index in [4.69, 9.17) is 0 Å². The summed E-state index contributed by atoms with van der Waals surface area (Å²) < 4.78 is 1.92. The Morgan fingerprint density at radius 3 is 2.72 bits per heavy atom. The molecule has 126 valence electrons. The van der Waals surface area contributed by atoms with Crippen molar-refractivity contribution in [2.24, 2.45) is 0 Å². The summed E-state index contributed by atoms with van der Waals surface area (Å²) in [6.07, 6.45) is 1.82. The van der Waals surface area contributed by atoms with Crippen molar-refractivity contribution in [1.82, 2.24) is 19.7 Å². The lowest BCUT2D eigenvalue weighted by molar-refractivity contribution is 0.102. The fraction of sp³-hybridized carbons (Fsp3) is 0.167. The molecular formula is C18H17N5O2. The largest absolute Gasteiger partial charge is 0.323 e. The molecule has 0 unspecified atom stereocenters. The highest BCUT2D eigenvalue weighted by atomic mass is 16.2. The lowest BCUT2D eigenvalue weighted by Crippen LogP contribution is -2.12. The standard InChI is InChI=1S/C18H17N5O2/c1-10(2)23-16-8-13(5-3-12(16)9-19-23)20-17(24)11-4-6-14-15(7-11)22-18(25)21-14/h3-10H,1-2H3,(H,20,24)(H2,21,22,25). The second kappa shape index (κ2) is 5.62. The number of benzene rings is 2. The molecule has 0 aliphatic rings. The zero-order chi connectivity index (χ0) is 17.6. The van der Waals surface area contributed by atoms with Crippen LogP contribution in [0.25, 0.3) is 21.9 Å². The molecule has 0 radical (unpaired) electrons. The average Bonchev–Trinajstić information content (AvgIpc) is 3.15. The van der Waals surface area contributed by atoms with Crippen molar-refractivity contribution in [3.8, 4) is 0 Å². The van der Waals surface area contributed by atoms with Gasteiger partial charge in [0.15, 0.2) is 0 Å². The minimum absolute atomic E-state index is 0.233. The van der Waals surface area contributed by atoms with Crippen molar-refractivity contribution in [3.63, 3.8) is 0 Å². The zero-order valence-electron chi connectivity index (χ0n) is 13.8. The van der Waals surface area contributed by atoms with Gasteiger partial charge in [0, 0.05) is 22.7 Å². The summed E-state index contributed by atoms with van der Waals surface area (Å²) in [6.45, 7) is 4.12. The molecule has 2 aromatic heterocycles. The molecule has 4 aromatic rings. The molecule has 25 heavy (non-hydrogen) atoms. The number of carbonyl (C=O) groups excluding carboxylic acids is 1. The van der Waals surface area contributed by atoms with Crippen LogP contribution in [0.5, 0.6) is 0 Å². The van der Waals surface area contributed by atoms with E-state index in [1.165, 1.54) is 0 Å². The van der Waals surface area contributed by atoms with Gasteiger partial charge < -0.3 is 15.3 Å². The maximum Gasteiger partial charge on any atom is 0.323 e. The normalized spacial score (nSPS) is 11.5. The number of aromatic amines is 2. The number of imidazole rings is 1. The number of rotatable bonds is 3. The first-order valence-corrected chi connectivity index (χ1v) is 8.02. The molecule has 0 spiro atoms. The predicted molar refractivity (Wildman–Crippen MR) is 97.0 cm³/mol. The zero-order valence-corrected chi connectivity index (χ0v) is 13.8. The maximum absolute atomic E-state index is 12.5. The molecule has 7 heteroatoms. The number of aromatic nitrogens is 4. The number of anilines is 1. The van der Waals surface area contributed by atoms with Gasteiger partial charge in [-0.15, -0.1) is 0 Å². The Morgan fingerprint density at radius 2 is 1.92 bits per heavy atom. The first-order valence-electron chi connectivity index (χ1n) is 8.02. The maximum atomic E-state index is 12.5. The molecule has 0 fully saturated rings. The van der Waals surface area contributed by atoms with Crippen LogP contribution in [-0.2, 0) is 0 Å². The molecule has 0 saturated carbocycles. The van der Waals surface area contributed by atoms with Crippen molar-refractivity contribution in [2.75, 3.05) is 5.32 Å². The number of fused-ring (bicyclic) bond motifs is 2. The van der Waals surface area contributed by atoms with Gasteiger partial charge in [-0.2, -0.15) is 5.10 Å². The van der Waals surface area contributed by atoms with Crippen LogP contribution >= 0.6 is 0 Å². The number of carbonyl (C=O) groups is 1. The Hall–Kier alpha value is -3.35. The van der Waals surface area contributed by atoms with Crippen molar-refractivity contribution in [2.45, 2.75) is 19.9 Å². The monoisotopic (exact) mass is 335 g/mol. The predicted octanol–water partition coefficient (Wildman–Crippen LogP) is 3.04. The minimum atomic E-state index is -0.292. The van der Waals surface area contributed by atoms with E-state index in [1.807, 2.05) is 29.1 Å². The number of H-pyrrole nitrogens is 2. The Labute approximate surface area is 142 Å². The van der Waals surface area contributed by atoms with Gasteiger partial charge in [0.05, 0.1) is 22.7 Å². The van der Waals surface area contributed by atoms with Crippen LogP contribution in [0.4, 0.5) is 5.69 Å². The van der Waals surface area contributed by atoms with Gasteiger partial charge in [0.25, 0.3) is 5.91 Å². The molecule has 0 saturated heterocycles. The smallest absolute Gasteiger partial charge is 0.322 e. The summed E-state index contributed by atoms with van der Waals surface area (Å²) in [6, 6.07) is 11.0. The highest BCUT2D eigenvalue weighted by Crippen LogP contribution is 2.22. The molecule has 2 heterocycles. The van der Waals surface area contributed by atoms with Crippen molar-refractivity contribution in [1.29, 1.82) is 0 Å². The van der Waals surface area contributed by atoms with Crippen LogP contribution in [0.15, 0.2) is 47.4 Å². The fourth-order valence-corrected chi connectivity index (χ4v) is 2.90. The molecule has 0 bridgehead atoms. The van der Waals surface area contributed by atoms with Gasteiger partial charge in [-0.1, -0.05) is 0 Å². The second-order valence-corrected chi connectivity index (χ2v) is 6.25. The summed E-state index contributed by atoms with van der Waals surface area (Å²) in [7, 11) is 0. The first-order chi connectivity index (χ1) is 12.0. The third-order valence-corrected chi connectivity index (χ3v) is 4.12. The second-order valence-electron chi connectivity index (χ2n) is 6.25. The number of hydrogen-bond acceptors (Lipinski definition) is 3. The van der Waals surface area contributed by atoms with Gasteiger partial charge in [-0.25, -0.2) is 4.79 Å². The molecule has 3 N–H and O–H groups in total. The molecule has 1 amide bonds. The Balaban J connectivity index is 1.65. The van der Waals surface area contributed by atoms with E-state index in [1.54, 1.807) is 18.2 Å². The van der Waals surface area contributed by atoms with Gasteiger partial charge in [0.1, 0.15) is 0 Å². The Kier molecular flexibility index (Phi) is 3.42. The molecule has 7 nitrogen and oxygen atoms in total. The summed E-state index contributed by atoms with van der Waals surface area (Å²) in [4.78, 5) is 29.2. The Morgan fingerprint density at radius 1 is 1.12 bits per heavy atom. The van der Waals surface area contributed by atoms with Gasteiger partial charge in [0.2, 0.25) is 0 Å². The number of amides is 1. The topological polar surface area (TPSA) is 95.6 Å². The highest BCUT2D eigenvalue weighted by molar-refractivity contribution is 6.06. The van der Waals surface area contributed by atoms with Crippen LogP contribution in [0.2, 0.25) is 0 Å². The van der Waals surface area contributed by atoms with Crippen LogP contribution in [0.1, 0.15) is 30.2 Å². The fourth-order valence-electron chi connectivity index (χ4n) is 2.90. The number of nitrogens with zero attached hydrogens (tertiary/aromatic N) is 2. The molecular weight excluding hydrogens is 318 g/mol. The quantitative estimate of drug-likeness (QED) is 0.537. The number of nitrogens with one attached hydrogen (secondary N) is 3. The van der Waals surface area contributed by atoms with Crippen LogP contribution in [-0.4, -0.2) is 25.7 Å². The summed E-state index contributed by atoms with van der Waals surface area (Å²) in [5.74, 6) is -0.237. The summed E-state index contributed by atoms with van der Waals surface area (Å²) in [5, 5.41) is 8.30. The van der Waals surface area contributed by atoms with Gasteiger partial charge in [-0.3, -0.25) is 9.48 Å². The van der Waals surface area contributed by atoms with E-state index >= 15 is 0 Å². The van der Waals surface area contributed by atoms with E-state index in [0.717, 1.165) is 10.9 Å². The molecule has 4 rings (SSSR count). The van der Waals surface area contributed by atoms with Crippen LogP contribution < -0.4 is 11.0 Å². The third kappa shape index (κ3) is 2.69. The lowest BCUT2D eigenvalue weighted by atomic mass is 10.1. The van der Waals surface area contributed by atoms with E-state index < -0.39 is 0 Å². The average molecular weight is 335 g/mol. The van der Waals surface area contributed by atoms with E-state index in [2.05, 4.69) is 34.2 Å².